The van der Waals surface area contributed by atoms with Crippen molar-refractivity contribution in [3.8, 4) is 5.75 Å². The van der Waals surface area contributed by atoms with E-state index in [-0.39, 0.29) is 5.91 Å². The largest absolute Gasteiger partial charge is 0.493 e. The number of nitrogens with zero attached hydrogens (tertiary/aromatic N) is 1. The standard InChI is InChI=1S/C21H24N2O2S2/c1-14-5-8-16(9-6-14)25-11-12-26-20-23-17-10-7-15(13-18(17)27-20)22-19(24)21(2,3)4/h5-10,13H,11-12H2,1-4H3,(H,22,24). The van der Waals surface area contributed by atoms with Crippen LogP contribution in [0.1, 0.15) is 26.3 Å². The lowest BCUT2D eigenvalue weighted by molar-refractivity contribution is -0.123. The minimum absolute atomic E-state index is 0.00854. The first kappa shape index (κ1) is 19.7. The van der Waals surface area contributed by atoms with Gasteiger partial charge in [0.25, 0.3) is 0 Å². The molecule has 0 aliphatic carbocycles. The molecule has 1 heterocycles. The Morgan fingerprint density at radius 1 is 1.19 bits per heavy atom. The Morgan fingerprint density at radius 3 is 2.63 bits per heavy atom. The lowest BCUT2D eigenvalue weighted by Gasteiger charge is -2.17. The van der Waals surface area contributed by atoms with Crippen LogP contribution in [0, 0.1) is 12.3 Å². The third-order valence-corrected chi connectivity index (χ3v) is 6.03. The van der Waals surface area contributed by atoms with Crippen molar-refractivity contribution in [1.82, 2.24) is 4.98 Å². The van der Waals surface area contributed by atoms with Crippen LogP contribution in [0.2, 0.25) is 0 Å². The van der Waals surface area contributed by atoms with Gasteiger partial charge in [0.1, 0.15) is 5.75 Å². The van der Waals surface area contributed by atoms with Crippen LogP contribution in [-0.4, -0.2) is 23.3 Å². The zero-order valence-corrected chi connectivity index (χ0v) is 17.7. The minimum atomic E-state index is -0.416. The number of amides is 1. The number of thioether (sulfide) groups is 1. The number of aryl methyl sites for hydroxylation is 1. The summed E-state index contributed by atoms with van der Waals surface area (Å²) in [6.07, 6.45) is 0. The zero-order chi connectivity index (χ0) is 19.4. The summed E-state index contributed by atoms with van der Waals surface area (Å²) in [6.45, 7) is 8.41. The van der Waals surface area contributed by atoms with Gasteiger partial charge in [0, 0.05) is 16.9 Å². The Bertz CT molecular complexity index is 927. The van der Waals surface area contributed by atoms with E-state index in [1.54, 1.807) is 23.1 Å². The molecule has 1 amide bonds. The normalized spacial score (nSPS) is 11.6. The van der Waals surface area contributed by atoms with Gasteiger partial charge in [-0.05, 0) is 37.3 Å². The molecule has 0 radical (unpaired) electrons. The molecular weight excluding hydrogens is 376 g/mol. The highest BCUT2D eigenvalue weighted by atomic mass is 32.2. The van der Waals surface area contributed by atoms with Crippen molar-refractivity contribution in [3.63, 3.8) is 0 Å². The molecule has 0 saturated carbocycles. The van der Waals surface area contributed by atoms with Gasteiger partial charge in [0.05, 0.1) is 16.8 Å². The van der Waals surface area contributed by atoms with Crippen LogP contribution in [0.5, 0.6) is 5.75 Å². The van der Waals surface area contributed by atoms with Gasteiger partial charge >= 0.3 is 0 Å². The molecule has 3 aromatic rings. The number of carbonyl (C=O) groups is 1. The van der Waals surface area contributed by atoms with Gasteiger partial charge in [-0.25, -0.2) is 4.98 Å². The fourth-order valence-corrected chi connectivity index (χ4v) is 4.28. The van der Waals surface area contributed by atoms with E-state index in [1.807, 2.05) is 63.2 Å². The Morgan fingerprint density at radius 2 is 1.93 bits per heavy atom. The molecule has 0 unspecified atom stereocenters. The van der Waals surface area contributed by atoms with Crippen LogP contribution in [0.25, 0.3) is 10.2 Å². The van der Waals surface area contributed by atoms with E-state index in [4.69, 9.17) is 4.74 Å². The fraction of sp³-hybridized carbons (Fsp3) is 0.333. The molecule has 0 aliphatic rings. The van der Waals surface area contributed by atoms with Crippen LogP contribution >= 0.6 is 23.1 Å². The number of anilines is 1. The summed E-state index contributed by atoms with van der Waals surface area (Å²) in [5.74, 6) is 1.74. The summed E-state index contributed by atoms with van der Waals surface area (Å²) < 4.78 is 7.84. The molecule has 0 bridgehead atoms. The molecular formula is C21H24N2O2S2. The zero-order valence-electron chi connectivity index (χ0n) is 16.0. The van der Waals surface area contributed by atoms with E-state index >= 15 is 0 Å². The predicted octanol–water partition coefficient (Wildman–Crippen LogP) is 5.76. The van der Waals surface area contributed by atoms with Crippen molar-refractivity contribution in [2.24, 2.45) is 5.41 Å². The molecule has 1 N–H and O–H groups in total. The molecule has 142 valence electrons. The van der Waals surface area contributed by atoms with Crippen molar-refractivity contribution in [2.45, 2.75) is 32.0 Å². The van der Waals surface area contributed by atoms with Crippen molar-refractivity contribution >= 4 is 44.9 Å². The minimum Gasteiger partial charge on any atom is -0.493 e. The van der Waals surface area contributed by atoms with Gasteiger partial charge in [-0.2, -0.15) is 0 Å². The van der Waals surface area contributed by atoms with E-state index in [0.717, 1.165) is 31.7 Å². The van der Waals surface area contributed by atoms with Crippen LogP contribution in [-0.2, 0) is 4.79 Å². The molecule has 0 fully saturated rings. The molecule has 4 nitrogen and oxygen atoms in total. The molecule has 0 aliphatic heterocycles. The highest BCUT2D eigenvalue weighted by Gasteiger charge is 2.21. The molecule has 3 rings (SSSR count). The van der Waals surface area contributed by atoms with Crippen molar-refractivity contribution in [3.05, 3.63) is 48.0 Å². The lowest BCUT2D eigenvalue weighted by atomic mass is 9.95. The van der Waals surface area contributed by atoms with Crippen LogP contribution in [0.3, 0.4) is 0 Å². The summed E-state index contributed by atoms with van der Waals surface area (Å²) in [4.78, 5) is 16.8. The summed E-state index contributed by atoms with van der Waals surface area (Å²) in [6, 6.07) is 13.9. The third kappa shape index (κ3) is 5.47. The SMILES string of the molecule is Cc1ccc(OCCSc2nc3ccc(NC(=O)C(C)(C)C)cc3s2)cc1. The average molecular weight is 401 g/mol. The van der Waals surface area contributed by atoms with E-state index in [0.29, 0.717) is 6.61 Å². The number of hydrogen-bond acceptors (Lipinski definition) is 5. The van der Waals surface area contributed by atoms with Gasteiger partial charge in [0.15, 0.2) is 4.34 Å². The Balaban J connectivity index is 1.56. The van der Waals surface area contributed by atoms with Gasteiger partial charge in [-0.15, -0.1) is 11.3 Å². The van der Waals surface area contributed by atoms with Gasteiger partial charge in [0.2, 0.25) is 5.91 Å². The number of thiazole rings is 1. The molecule has 1 aromatic heterocycles. The van der Waals surface area contributed by atoms with E-state index in [9.17, 15) is 4.79 Å². The van der Waals surface area contributed by atoms with Crippen molar-refractivity contribution in [2.75, 3.05) is 17.7 Å². The van der Waals surface area contributed by atoms with Crippen LogP contribution < -0.4 is 10.1 Å². The summed E-state index contributed by atoms with van der Waals surface area (Å²) in [5, 5.41) is 2.97. The van der Waals surface area contributed by atoms with Gasteiger partial charge in [-0.3, -0.25) is 4.79 Å². The Labute approximate surface area is 168 Å². The number of carbonyl (C=O) groups excluding carboxylic acids is 1. The molecule has 0 spiro atoms. The maximum Gasteiger partial charge on any atom is 0.229 e. The molecule has 0 saturated heterocycles. The third-order valence-electron chi connectivity index (χ3n) is 3.91. The van der Waals surface area contributed by atoms with E-state index < -0.39 is 5.41 Å². The number of hydrogen-bond donors (Lipinski definition) is 1. The summed E-state index contributed by atoms with van der Waals surface area (Å²) >= 11 is 3.33. The van der Waals surface area contributed by atoms with E-state index in [1.165, 1.54) is 5.56 Å². The highest BCUT2D eigenvalue weighted by molar-refractivity contribution is 8.01. The van der Waals surface area contributed by atoms with Crippen molar-refractivity contribution in [1.29, 1.82) is 0 Å². The quantitative estimate of drug-likeness (QED) is 0.422. The maximum atomic E-state index is 12.1. The number of fused-ring (bicyclic) bond motifs is 1. The van der Waals surface area contributed by atoms with Gasteiger partial charge in [-0.1, -0.05) is 50.2 Å². The Kier molecular flexibility index (Phi) is 6.07. The smallest absolute Gasteiger partial charge is 0.229 e. The second-order valence-corrected chi connectivity index (χ2v) is 9.75. The number of benzene rings is 2. The Hall–Kier alpha value is -2.05. The number of aromatic nitrogens is 1. The summed E-state index contributed by atoms with van der Waals surface area (Å²) in [7, 11) is 0. The van der Waals surface area contributed by atoms with Gasteiger partial charge < -0.3 is 10.1 Å². The van der Waals surface area contributed by atoms with E-state index in [2.05, 4.69) is 17.2 Å². The van der Waals surface area contributed by atoms with Crippen LogP contribution in [0.15, 0.2) is 46.8 Å². The second-order valence-electron chi connectivity index (χ2n) is 7.38. The first-order chi connectivity index (χ1) is 12.8. The average Bonchev–Trinajstić information content (AvgIpc) is 3.01. The predicted molar refractivity (Wildman–Crippen MR) is 115 cm³/mol. The summed E-state index contributed by atoms with van der Waals surface area (Å²) in [5.41, 5.74) is 2.58. The molecule has 6 heteroatoms. The fourth-order valence-electron chi connectivity index (χ4n) is 2.28. The van der Waals surface area contributed by atoms with Crippen molar-refractivity contribution < 1.29 is 9.53 Å². The highest BCUT2D eigenvalue weighted by Crippen LogP contribution is 2.31. The first-order valence-corrected chi connectivity index (χ1v) is 10.7. The topological polar surface area (TPSA) is 51.2 Å². The molecule has 2 aromatic carbocycles. The second kappa shape index (κ2) is 8.31. The number of rotatable bonds is 6. The number of ether oxygens (including phenoxy) is 1. The molecule has 27 heavy (non-hydrogen) atoms. The first-order valence-electron chi connectivity index (χ1n) is 8.85. The maximum absolute atomic E-state index is 12.1. The molecule has 0 atom stereocenters. The van der Waals surface area contributed by atoms with Crippen LogP contribution in [0.4, 0.5) is 5.69 Å². The lowest BCUT2D eigenvalue weighted by Crippen LogP contribution is -2.27. The monoisotopic (exact) mass is 400 g/mol. The number of nitrogens with one attached hydrogen (secondary N) is 1.